The molecule has 68 valence electrons. The van der Waals surface area contributed by atoms with Crippen molar-refractivity contribution < 1.29 is 0 Å². The minimum atomic E-state index is -0.150. The average molecular weight is 185 g/mol. The number of aromatic nitrogens is 2. The summed E-state index contributed by atoms with van der Waals surface area (Å²) >= 11 is 0. The number of rotatable bonds is 0. The van der Waals surface area contributed by atoms with Crippen molar-refractivity contribution in [2.45, 2.75) is 6.42 Å². The molecule has 0 unspecified atom stereocenters. The molecule has 0 atom stereocenters. The monoisotopic (exact) mass is 185 g/mol. The van der Waals surface area contributed by atoms with Crippen molar-refractivity contribution in [2.75, 3.05) is 0 Å². The van der Waals surface area contributed by atoms with Crippen molar-refractivity contribution >= 4 is 22.8 Å². The Morgan fingerprint density at radius 1 is 1.36 bits per heavy atom. The lowest BCUT2D eigenvalue weighted by Crippen LogP contribution is -2.10. The normalized spacial score (nSPS) is 13.4. The van der Waals surface area contributed by atoms with E-state index in [2.05, 4.69) is 15.2 Å². The number of nitrogens with one attached hydrogen (secondary N) is 1. The number of benzene rings is 1. The van der Waals surface area contributed by atoms with E-state index in [0.29, 0.717) is 11.2 Å². The van der Waals surface area contributed by atoms with Crippen molar-refractivity contribution in [3.05, 3.63) is 34.1 Å². The Hall–Kier alpha value is -1.97. The standard InChI is InChI=1S/C10H7N3O/c14-10-7-3-1-2-6-4-5-11-9(8(6)7)12-13-10/h1-3,5H,4H2,(H,13,14). The molecule has 0 saturated carbocycles. The summed E-state index contributed by atoms with van der Waals surface area (Å²) in [6.07, 6.45) is 2.58. The highest BCUT2D eigenvalue weighted by Crippen LogP contribution is 2.26. The zero-order valence-electron chi connectivity index (χ0n) is 7.32. The lowest BCUT2D eigenvalue weighted by molar-refractivity contribution is 1.00. The molecule has 1 aromatic carbocycles. The van der Waals surface area contributed by atoms with Gasteiger partial charge in [0.1, 0.15) is 0 Å². The first kappa shape index (κ1) is 7.44. The molecule has 0 spiro atoms. The summed E-state index contributed by atoms with van der Waals surface area (Å²) in [7, 11) is 0. The Morgan fingerprint density at radius 3 is 3.21 bits per heavy atom. The molecule has 0 saturated heterocycles. The van der Waals surface area contributed by atoms with E-state index in [1.54, 1.807) is 6.07 Å². The number of aromatic amines is 1. The Morgan fingerprint density at radius 2 is 2.29 bits per heavy atom. The van der Waals surface area contributed by atoms with E-state index in [-0.39, 0.29) is 5.56 Å². The maximum absolute atomic E-state index is 11.5. The smallest absolute Gasteiger partial charge is 0.267 e. The Labute approximate surface area is 79.3 Å². The second-order valence-electron chi connectivity index (χ2n) is 3.23. The van der Waals surface area contributed by atoms with E-state index in [0.717, 1.165) is 17.4 Å². The first-order chi connectivity index (χ1) is 6.86. The Balaban J connectivity index is 2.63. The van der Waals surface area contributed by atoms with Crippen LogP contribution in [0.3, 0.4) is 0 Å². The second kappa shape index (κ2) is 2.51. The van der Waals surface area contributed by atoms with Crippen molar-refractivity contribution in [3.63, 3.8) is 0 Å². The van der Waals surface area contributed by atoms with Crippen LogP contribution in [-0.4, -0.2) is 16.4 Å². The summed E-state index contributed by atoms with van der Waals surface area (Å²) < 4.78 is 0. The molecule has 0 bridgehead atoms. The summed E-state index contributed by atoms with van der Waals surface area (Å²) in [5.41, 5.74) is 0.966. The highest BCUT2D eigenvalue weighted by Gasteiger charge is 2.11. The fraction of sp³-hybridized carbons (Fsp3) is 0.100. The summed E-state index contributed by atoms with van der Waals surface area (Å²) in [4.78, 5) is 15.6. The van der Waals surface area contributed by atoms with Gasteiger partial charge in [0.2, 0.25) is 0 Å². The van der Waals surface area contributed by atoms with Crippen LogP contribution in [0.2, 0.25) is 0 Å². The molecule has 1 N–H and O–H groups in total. The number of nitrogens with zero attached hydrogens (tertiary/aromatic N) is 2. The zero-order valence-corrected chi connectivity index (χ0v) is 7.32. The fourth-order valence-electron chi connectivity index (χ4n) is 1.77. The van der Waals surface area contributed by atoms with Crippen LogP contribution < -0.4 is 5.56 Å². The fourth-order valence-corrected chi connectivity index (χ4v) is 1.77. The third kappa shape index (κ3) is 0.849. The molecule has 2 heterocycles. The average Bonchev–Trinajstić information content (AvgIpc) is 2.24. The van der Waals surface area contributed by atoms with Gasteiger partial charge in [-0.2, -0.15) is 5.10 Å². The van der Waals surface area contributed by atoms with Gasteiger partial charge >= 0.3 is 0 Å². The topological polar surface area (TPSA) is 58.1 Å². The van der Waals surface area contributed by atoms with Crippen molar-refractivity contribution in [1.29, 1.82) is 0 Å². The van der Waals surface area contributed by atoms with Crippen LogP contribution in [0.15, 0.2) is 28.0 Å². The van der Waals surface area contributed by atoms with Crippen LogP contribution in [0.4, 0.5) is 5.82 Å². The SMILES string of the molecule is O=c1[nH]nc2c3c(cccc13)CC=N2. The third-order valence-corrected chi connectivity index (χ3v) is 2.41. The molecule has 0 radical (unpaired) electrons. The second-order valence-corrected chi connectivity index (χ2v) is 3.23. The minimum Gasteiger partial charge on any atom is -0.267 e. The van der Waals surface area contributed by atoms with E-state index in [1.807, 2.05) is 18.3 Å². The van der Waals surface area contributed by atoms with E-state index >= 15 is 0 Å². The van der Waals surface area contributed by atoms with Gasteiger partial charge in [-0.15, -0.1) is 0 Å². The highest BCUT2D eigenvalue weighted by atomic mass is 16.1. The molecule has 2 aromatic rings. The summed E-state index contributed by atoms with van der Waals surface area (Å²) in [6, 6.07) is 5.68. The molecule has 4 heteroatoms. The molecule has 0 aliphatic carbocycles. The molecule has 3 rings (SSSR count). The van der Waals surface area contributed by atoms with Gasteiger partial charge in [0, 0.05) is 18.0 Å². The van der Waals surface area contributed by atoms with Crippen LogP contribution in [0, 0.1) is 0 Å². The number of aliphatic imine (C=N–C) groups is 1. The lowest BCUT2D eigenvalue weighted by Gasteiger charge is -2.08. The van der Waals surface area contributed by atoms with Crippen LogP contribution in [-0.2, 0) is 6.42 Å². The van der Waals surface area contributed by atoms with Gasteiger partial charge < -0.3 is 0 Å². The van der Waals surface area contributed by atoms with Gasteiger partial charge in [-0.25, -0.2) is 10.1 Å². The Kier molecular flexibility index (Phi) is 1.33. The van der Waals surface area contributed by atoms with Crippen LogP contribution in [0.25, 0.3) is 10.8 Å². The molecular formula is C10H7N3O. The van der Waals surface area contributed by atoms with Gasteiger partial charge in [-0.05, 0) is 11.6 Å². The molecule has 0 amide bonds. The minimum absolute atomic E-state index is 0.150. The van der Waals surface area contributed by atoms with Crippen LogP contribution in [0.5, 0.6) is 0 Å². The summed E-state index contributed by atoms with van der Waals surface area (Å²) in [5.74, 6) is 0.612. The Bertz CT molecular complexity index is 598. The van der Waals surface area contributed by atoms with E-state index in [9.17, 15) is 4.79 Å². The first-order valence-electron chi connectivity index (χ1n) is 4.39. The van der Waals surface area contributed by atoms with Gasteiger partial charge in [0.05, 0.1) is 5.39 Å². The molecule has 14 heavy (non-hydrogen) atoms. The van der Waals surface area contributed by atoms with Gasteiger partial charge in [-0.1, -0.05) is 12.1 Å². The van der Waals surface area contributed by atoms with Crippen LogP contribution >= 0.6 is 0 Å². The van der Waals surface area contributed by atoms with E-state index in [4.69, 9.17) is 0 Å². The molecule has 1 aliphatic heterocycles. The van der Waals surface area contributed by atoms with Gasteiger partial charge in [0.15, 0.2) is 5.82 Å². The van der Waals surface area contributed by atoms with Crippen molar-refractivity contribution in [3.8, 4) is 0 Å². The van der Waals surface area contributed by atoms with Gasteiger partial charge in [-0.3, -0.25) is 4.79 Å². The number of hydrogen-bond acceptors (Lipinski definition) is 3. The first-order valence-corrected chi connectivity index (χ1v) is 4.39. The van der Waals surface area contributed by atoms with Crippen LogP contribution in [0.1, 0.15) is 5.56 Å². The molecular weight excluding hydrogens is 178 g/mol. The third-order valence-electron chi connectivity index (χ3n) is 2.41. The predicted molar refractivity (Wildman–Crippen MR) is 54.2 cm³/mol. The number of H-pyrrole nitrogens is 1. The largest absolute Gasteiger partial charge is 0.272 e. The van der Waals surface area contributed by atoms with Gasteiger partial charge in [0.25, 0.3) is 5.56 Å². The summed E-state index contributed by atoms with van der Waals surface area (Å²) in [5, 5.41) is 7.90. The molecule has 0 fully saturated rings. The quantitative estimate of drug-likeness (QED) is 0.670. The predicted octanol–water partition coefficient (Wildman–Crippen LogP) is 1.18. The zero-order chi connectivity index (χ0) is 9.54. The summed E-state index contributed by atoms with van der Waals surface area (Å²) in [6.45, 7) is 0. The van der Waals surface area contributed by atoms with E-state index < -0.39 is 0 Å². The lowest BCUT2D eigenvalue weighted by atomic mass is 10.0. The maximum Gasteiger partial charge on any atom is 0.272 e. The molecule has 1 aliphatic rings. The van der Waals surface area contributed by atoms with E-state index in [1.165, 1.54) is 0 Å². The highest BCUT2D eigenvalue weighted by molar-refractivity contribution is 5.97. The molecule has 1 aromatic heterocycles. The van der Waals surface area contributed by atoms with Crippen molar-refractivity contribution in [1.82, 2.24) is 10.2 Å². The maximum atomic E-state index is 11.5. The van der Waals surface area contributed by atoms with Crippen molar-refractivity contribution in [2.24, 2.45) is 4.99 Å². The molecule has 4 nitrogen and oxygen atoms in total. The number of hydrogen-bond donors (Lipinski definition) is 1.